The Morgan fingerprint density at radius 2 is 1.31 bits per heavy atom. The Balaban J connectivity index is 1.84. The van der Waals surface area contributed by atoms with Gasteiger partial charge in [0.15, 0.2) is 9.79 Å². The number of thioether (sulfide) groups is 1. The van der Waals surface area contributed by atoms with Gasteiger partial charge < -0.3 is 9.80 Å². The maximum atomic E-state index is 2.42. The number of hydrogen-bond donors (Lipinski definition) is 0. The van der Waals surface area contributed by atoms with Crippen LogP contribution in [0.5, 0.6) is 0 Å². The van der Waals surface area contributed by atoms with Gasteiger partial charge in [-0.25, -0.2) is 0 Å². The molecule has 0 amide bonds. The molecule has 0 radical (unpaired) electrons. The number of anilines is 2. The fourth-order valence-electron chi connectivity index (χ4n) is 4.63. The predicted octanol–water partition coefficient (Wildman–Crippen LogP) is 5.34. The summed E-state index contributed by atoms with van der Waals surface area (Å²) in [6, 6.07) is 23.3. The molecule has 2 heterocycles. The second kappa shape index (κ2) is 6.75. The van der Waals surface area contributed by atoms with Crippen molar-refractivity contribution in [2.75, 3.05) is 44.2 Å². The van der Waals surface area contributed by atoms with Crippen LogP contribution in [0.2, 0.25) is 0 Å². The van der Waals surface area contributed by atoms with E-state index in [1.807, 2.05) is 0 Å². The van der Waals surface area contributed by atoms with Crippen molar-refractivity contribution in [2.24, 2.45) is 0 Å². The normalized spacial score (nSPS) is 21.5. The summed E-state index contributed by atoms with van der Waals surface area (Å²) >= 11 is 2.09. The average molecular weight is 420 g/mol. The third-order valence-corrected chi connectivity index (χ3v) is 9.77. The zero-order valence-corrected chi connectivity index (χ0v) is 19.3. The highest BCUT2D eigenvalue weighted by Crippen LogP contribution is 2.61. The Labute approximate surface area is 181 Å². The van der Waals surface area contributed by atoms with Gasteiger partial charge in [-0.05, 0) is 35.4 Å². The van der Waals surface area contributed by atoms with E-state index in [0.717, 1.165) is 5.75 Å². The van der Waals surface area contributed by atoms with Crippen molar-refractivity contribution in [2.45, 2.75) is 20.3 Å². The molecule has 2 aliphatic rings. The maximum Gasteiger partial charge on any atom is 0.167 e. The lowest BCUT2D eigenvalue weighted by atomic mass is 9.81. The summed E-state index contributed by atoms with van der Waals surface area (Å²) in [5.41, 5.74) is 8.46. The maximum absolute atomic E-state index is 2.42. The zero-order valence-electron chi connectivity index (χ0n) is 17.7. The fourth-order valence-corrected chi connectivity index (χ4v) is 8.34. The Morgan fingerprint density at radius 3 is 1.86 bits per heavy atom. The Bertz CT molecular complexity index is 1040. The molecule has 0 atom stereocenters. The Morgan fingerprint density at radius 1 is 0.759 bits per heavy atom. The first-order valence-corrected chi connectivity index (χ1v) is 12.6. The molecule has 3 aromatic rings. The van der Waals surface area contributed by atoms with Gasteiger partial charge in [0.1, 0.15) is 11.0 Å². The molecule has 2 aliphatic heterocycles. The number of rotatable bonds is 2. The molecule has 0 aliphatic carbocycles. The van der Waals surface area contributed by atoms with Crippen LogP contribution in [0.3, 0.4) is 0 Å². The molecule has 0 unspecified atom stereocenters. The molecule has 0 fully saturated rings. The lowest BCUT2D eigenvalue weighted by molar-refractivity contribution is 0.835. The van der Waals surface area contributed by atoms with Gasteiger partial charge in [-0.3, -0.25) is 0 Å². The summed E-state index contributed by atoms with van der Waals surface area (Å²) in [5.74, 6) is 1.07. The van der Waals surface area contributed by atoms with Crippen LogP contribution >= 0.6 is 11.8 Å². The van der Waals surface area contributed by atoms with Crippen molar-refractivity contribution < 1.29 is 0 Å². The van der Waals surface area contributed by atoms with Gasteiger partial charge in [-0.15, -0.1) is 11.8 Å². The first-order valence-electron chi connectivity index (χ1n) is 9.95. The number of nitrogens with zero attached hydrogens (tertiary/aromatic N) is 2. The smallest absolute Gasteiger partial charge is 0.167 e. The molecule has 5 rings (SSSR count). The van der Waals surface area contributed by atoms with E-state index in [0.29, 0.717) is 0 Å². The highest BCUT2D eigenvalue weighted by atomic mass is 32.2. The number of hydrogen-bond acceptors (Lipinski definition) is 3. The SMILES string of the molecule is CN(C)c1ccc2c(c1)[S+](C)c1cc(N(C)C)ccc1C21SCc2ccccc21. The Hall–Kier alpha value is -2.04. The molecular formula is C25H27N2S2+. The van der Waals surface area contributed by atoms with E-state index in [-0.39, 0.29) is 15.6 Å². The summed E-state index contributed by atoms with van der Waals surface area (Å²) in [4.78, 5) is 7.41. The molecule has 0 saturated carbocycles. The molecule has 0 N–H and O–H groups in total. The fraction of sp³-hybridized carbons (Fsp3) is 0.280. The van der Waals surface area contributed by atoms with Crippen LogP contribution < -0.4 is 9.80 Å². The van der Waals surface area contributed by atoms with Crippen LogP contribution in [0.25, 0.3) is 0 Å². The molecule has 0 bridgehead atoms. The zero-order chi connectivity index (χ0) is 20.3. The minimum absolute atomic E-state index is 0.0408. The first-order chi connectivity index (χ1) is 13.9. The van der Waals surface area contributed by atoms with Gasteiger partial charge in [0.05, 0.1) is 10.9 Å². The van der Waals surface area contributed by atoms with E-state index in [2.05, 4.69) is 117 Å². The summed E-state index contributed by atoms with van der Waals surface area (Å²) in [6.07, 6.45) is 2.40. The third-order valence-electron chi connectivity index (χ3n) is 6.22. The quantitative estimate of drug-likeness (QED) is 0.518. The summed E-state index contributed by atoms with van der Waals surface area (Å²) in [6.45, 7) is 0. The molecule has 3 aromatic carbocycles. The monoisotopic (exact) mass is 419 g/mol. The van der Waals surface area contributed by atoms with Gasteiger partial charge >= 0.3 is 0 Å². The lowest BCUT2D eigenvalue weighted by Crippen LogP contribution is -2.32. The van der Waals surface area contributed by atoms with Crippen molar-refractivity contribution in [1.29, 1.82) is 0 Å². The highest BCUT2D eigenvalue weighted by Gasteiger charge is 2.53. The summed E-state index contributed by atoms with van der Waals surface area (Å²) in [5, 5.41) is 0. The van der Waals surface area contributed by atoms with E-state index < -0.39 is 0 Å². The van der Waals surface area contributed by atoms with E-state index in [1.54, 1.807) is 0 Å². The van der Waals surface area contributed by atoms with Crippen LogP contribution in [0.15, 0.2) is 70.5 Å². The summed E-state index contributed by atoms with van der Waals surface area (Å²) < 4.78 is -0.101. The number of benzene rings is 3. The Kier molecular flexibility index (Phi) is 4.41. The second-order valence-electron chi connectivity index (χ2n) is 8.29. The molecular weight excluding hydrogens is 392 g/mol. The van der Waals surface area contributed by atoms with E-state index in [4.69, 9.17) is 0 Å². The standard InChI is InChI=1S/C25H27N2S2/c1-26(2)18-10-12-21-23(14-18)29(5)24-15-19(27(3)4)11-13-22(24)25(21)20-9-7-6-8-17(20)16-28-25/h6-15H,16H2,1-5H3/q+1. The van der Waals surface area contributed by atoms with Crippen molar-refractivity contribution in [3.63, 3.8) is 0 Å². The predicted molar refractivity (Wildman–Crippen MR) is 129 cm³/mol. The summed E-state index contributed by atoms with van der Waals surface area (Å²) in [7, 11) is 8.56. The van der Waals surface area contributed by atoms with E-state index >= 15 is 0 Å². The average Bonchev–Trinajstić information content (AvgIpc) is 3.11. The minimum atomic E-state index is -0.101. The van der Waals surface area contributed by atoms with Crippen molar-refractivity contribution in [3.8, 4) is 0 Å². The molecule has 2 nitrogen and oxygen atoms in total. The third kappa shape index (κ3) is 2.65. The van der Waals surface area contributed by atoms with Gasteiger partial charge in [0.25, 0.3) is 0 Å². The number of fused-ring (bicyclic) bond motifs is 6. The molecule has 1 spiro atoms. The van der Waals surface area contributed by atoms with Crippen LogP contribution in [0.1, 0.15) is 22.3 Å². The molecule has 4 heteroatoms. The molecule has 29 heavy (non-hydrogen) atoms. The largest absolute Gasteiger partial charge is 0.378 e. The van der Waals surface area contributed by atoms with Crippen LogP contribution in [0, 0.1) is 0 Å². The second-order valence-corrected chi connectivity index (χ2v) is 11.4. The van der Waals surface area contributed by atoms with Crippen molar-refractivity contribution >= 4 is 34.0 Å². The lowest BCUT2D eigenvalue weighted by Gasteiger charge is -2.36. The first kappa shape index (κ1) is 19.0. The molecule has 148 valence electrons. The van der Waals surface area contributed by atoms with Crippen LogP contribution in [-0.2, 0) is 21.4 Å². The van der Waals surface area contributed by atoms with Crippen LogP contribution in [-0.4, -0.2) is 34.4 Å². The van der Waals surface area contributed by atoms with E-state index in [1.165, 1.54) is 43.4 Å². The molecule has 0 saturated heterocycles. The topological polar surface area (TPSA) is 6.48 Å². The van der Waals surface area contributed by atoms with Gasteiger partial charge in [-0.1, -0.05) is 24.3 Å². The van der Waals surface area contributed by atoms with Crippen molar-refractivity contribution in [3.05, 3.63) is 82.9 Å². The van der Waals surface area contributed by atoms with Gasteiger partial charge in [-0.2, -0.15) is 0 Å². The van der Waals surface area contributed by atoms with Gasteiger partial charge in [0, 0.05) is 68.6 Å². The molecule has 0 aromatic heterocycles. The van der Waals surface area contributed by atoms with Crippen LogP contribution in [0.4, 0.5) is 11.4 Å². The van der Waals surface area contributed by atoms with Crippen molar-refractivity contribution in [1.82, 2.24) is 0 Å². The highest BCUT2D eigenvalue weighted by molar-refractivity contribution is 8.00. The van der Waals surface area contributed by atoms with Gasteiger partial charge in [0.2, 0.25) is 0 Å². The van der Waals surface area contributed by atoms with E-state index in [9.17, 15) is 0 Å². The minimum Gasteiger partial charge on any atom is -0.378 e.